The van der Waals surface area contributed by atoms with E-state index in [2.05, 4.69) is 32.5 Å². The van der Waals surface area contributed by atoms with Crippen molar-refractivity contribution in [2.75, 3.05) is 43.4 Å². The maximum absolute atomic E-state index is 12.3. The molecule has 1 aromatic heterocycles. The maximum atomic E-state index is 12.3. The number of carbonyl (C=O) groups excluding carboxylic acids is 2. The molecule has 1 saturated heterocycles. The Balaban J connectivity index is 1.47. The van der Waals surface area contributed by atoms with Crippen molar-refractivity contribution in [2.45, 2.75) is 19.4 Å². The smallest absolute Gasteiger partial charge is 0.251 e. The van der Waals surface area contributed by atoms with E-state index in [0.717, 1.165) is 32.0 Å². The number of carbonyl (C=O) groups is 2. The van der Waals surface area contributed by atoms with Gasteiger partial charge in [0, 0.05) is 44.2 Å². The zero-order chi connectivity index (χ0) is 19.9. The van der Waals surface area contributed by atoms with Crippen molar-refractivity contribution >= 4 is 23.3 Å². The normalized spacial score (nSPS) is 15.7. The van der Waals surface area contributed by atoms with Gasteiger partial charge in [0.1, 0.15) is 5.82 Å². The number of rotatable bonds is 6. The predicted octanol–water partition coefficient (Wildman–Crippen LogP) is 1.98. The van der Waals surface area contributed by atoms with Crippen molar-refractivity contribution < 1.29 is 9.59 Å². The van der Waals surface area contributed by atoms with Crippen LogP contribution in [0.15, 0.2) is 48.7 Å². The highest BCUT2D eigenvalue weighted by molar-refractivity contribution is 5.95. The molecule has 28 heavy (non-hydrogen) atoms. The zero-order valence-corrected chi connectivity index (χ0v) is 16.4. The molecule has 2 amide bonds. The van der Waals surface area contributed by atoms with Crippen molar-refractivity contribution in [1.82, 2.24) is 15.2 Å². The van der Waals surface area contributed by atoms with Crippen LogP contribution in [-0.2, 0) is 4.79 Å². The van der Waals surface area contributed by atoms with Crippen molar-refractivity contribution in [3.63, 3.8) is 0 Å². The fourth-order valence-corrected chi connectivity index (χ4v) is 3.12. The molecule has 1 aliphatic rings. The summed E-state index contributed by atoms with van der Waals surface area (Å²) >= 11 is 0. The molecule has 2 aromatic rings. The summed E-state index contributed by atoms with van der Waals surface area (Å²) in [4.78, 5) is 33.4. The average Bonchev–Trinajstić information content (AvgIpc) is 2.69. The summed E-state index contributed by atoms with van der Waals surface area (Å²) in [5.41, 5.74) is 1.24. The van der Waals surface area contributed by atoms with Gasteiger partial charge in [0.15, 0.2) is 0 Å². The third kappa shape index (κ3) is 5.53. The first kappa shape index (κ1) is 19.8. The second kappa shape index (κ2) is 9.32. The standard InChI is InChI=1S/C21H27N5O2/c1-16(23-21(28)17-6-4-3-5-7-17)14-20(27)24-18-8-9-19(22-15-18)26-12-10-25(2)11-13-26/h3-9,15-16H,10-14H2,1-2H3,(H,23,28)(H,24,27)/t16-/m0/s1. The number of likely N-dealkylation sites (N-methyl/N-ethyl adjacent to an activating group) is 1. The van der Waals surface area contributed by atoms with Crippen molar-refractivity contribution in [3.8, 4) is 0 Å². The topological polar surface area (TPSA) is 77.6 Å². The lowest BCUT2D eigenvalue weighted by Gasteiger charge is -2.33. The highest BCUT2D eigenvalue weighted by atomic mass is 16.2. The molecule has 1 aliphatic heterocycles. The fourth-order valence-electron chi connectivity index (χ4n) is 3.12. The Morgan fingerprint density at radius 2 is 1.79 bits per heavy atom. The van der Waals surface area contributed by atoms with E-state index in [9.17, 15) is 9.59 Å². The van der Waals surface area contributed by atoms with Crippen LogP contribution < -0.4 is 15.5 Å². The zero-order valence-electron chi connectivity index (χ0n) is 16.4. The highest BCUT2D eigenvalue weighted by Crippen LogP contribution is 2.16. The van der Waals surface area contributed by atoms with Gasteiger partial charge >= 0.3 is 0 Å². The quantitative estimate of drug-likeness (QED) is 0.800. The Labute approximate surface area is 165 Å². The summed E-state index contributed by atoms with van der Waals surface area (Å²) in [5, 5.41) is 5.69. The second-order valence-corrected chi connectivity index (χ2v) is 7.19. The van der Waals surface area contributed by atoms with Crippen LogP contribution in [0.2, 0.25) is 0 Å². The third-order valence-electron chi connectivity index (χ3n) is 4.76. The molecule has 0 radical (unpaired) electrons. The molecule has 0 unspecified atom stereocenters. The van der Waals surface area contributed by atoms with Crippen molar-refractivity contribution in [2.24, 2.45) is 0 Å². The largest absolute Gasteiger partial charge is 0.354 e. The Hall–Kier alpha value is -2.93. The molecule has 3 rings (SSSR count). The number of benzene rings is 1. The molecule has 0 spiro atoms. The summed E-state index contributed by atoms with van der Waals surface area (Å²) in [7, 11) is 2.12. The maximum Gasteiger partial charge on any atom is 0.251 e. The van der Waals surface area contributed by atoms with E-state index in [1.165, 1.54) is 0 Å². The van der Waals surface area contributed by atoms with Crippen LogP contribution in [0.3, 0.4) is 0 Å². The first-order valence-electron chi connectivity index (χ1n) is 9.56. The van der Waals surface area contributed by atoms with Gasteiger partial charge in [-0.2, -0.15) is 0 Å². The van der Waals surface area contributed by atoms with Gasteiger partial charge < -0.3 is 20.4 Å². The minimum atomic E-state index is -0.273. The molecule has 1 fully saturated rings. The molecule has 2 heterocycles. The van der Waals surface area contributed by atoms with E-state index in [1.54, 1.807) is 18.3 Å². The Kier molecular flexibility index (Phi) is 6.60. The monoisotopic (exact) mass is 381 g/mol. The minimum absolute atomic E-state index is 0.157. The fraction of sp³-hybridized carbons (Fsp3) is 0.381. The predicted molar refractivity (Wildman–Crippen MR) is 111 cm³/mol. The number of nitrogens with one attached hydrogen (secondary N) is 2. The van der Waals surface area contributed by atoms with E-state index >= 15 is 0 Å². The number of aromatic nitrogens is 1. The molecule has 0 saturated carbocycles. The van der Waals surface area contributed by atoms with Gasteiger partial charge in [-0.15, -0.1) is 0 Å². The van der Waals surface area contributed by atoms with Crippen LogP contribution in [0.25, 0.3) is 0 Å². The number of amides is 2. The summed E-state index contributed by atoms with van der Waals surface area (Å²) in [6, 6.07) is 12.5. The van der Waals surface area contributed by atoms with Crippen LogP contribution in [0, 0.1) is 0 Å². The van der Waals surface area contributed by atoms with E-state index in [1.807, 2.05) is 37.3 Å². The average molecular weight is 381 g/mol. The number of anilines is 2. The lowest BCUT2D eigenvalue weighted by Crippen LogP contribution is -2.44. The van der Waals surface area contributed by atoms with Gasteiger partial charge in [0.25, 0.3) is 5.91 Å². The van der Waals surface area contributed by atoms with E-state index in [0.29, 0.717) is 11.3 Å². The number of piperazine rings is 1. The number of hydrogen-bond donors (Lipinski definition) is 2. The van der Waals surface area contributed by atoms with Gasteiger partial charge in [-0.25, -0.2) is 4.98 Å². The Morgan fingerprint density at radius 3 is 2.43 bits per heavy atom. The van der Waals surface area contributed by atoms with Crippen LogP contribution >= 0.6 is 0 Å². The van der Waals surface area contributed by atoms with Gasteiger partial charge in [-0.3, -0.25) is 9.59 Å². The Bertz CT molecular complexity index is 786. The molecule has 1 aromatic carbocycles. The number of hydrogen-bond acceptors (Lipinski definition) is 5. The molecule has 1 atom stereocenters. The van der Waals surface area contributed by atoms with Crippen molar-refractivity contribution in [1.29, 1.82) is 0 Å². The summed E-state index contributed by atoms with van der Waals surface area (Å²) in [6.45, 7) is 5.76. The summed E-state index contributed by atoms with van der Waals surface area (Å²) in [6.07, 6.45) is 1.87. The Morgan fingerprint density at radius 1 is 1.07 bits per heavy atom. The van der Waals surface area contributed by atoms with E-state index in [-0.39, 0.29) is 24.3 Å². The molecule has 148 valence electrons. The van der Waals surface area contributed by atoms with Crippen LogP contribution in [0.1, 0.15) is 23.7 Å². The van der Waals surface area contributed by atoms with Gasteiger partial charge in [0.2, 0.25) is 5.91 Å². The van der Waals surface area contributed by atoms with E-state index < -0.39 is 0 Å². The molecule has 7 nitrogen and oxygen atoms in total. The first-order valence-corrected chi connectivity index (χ1v) is 9.56. The van der Waals surface area contributed by atoms with Gasteiger partial charge in [0.05, 0.1) is 11.9 Å². The lowest BCUT2D eigenvalue weighted by molar-refractivity contribution is -0.116. The second-order valence-electron chi connectivity index (χ2n) is 7.19. The summed E-state index contributed by atoms with van der Waals surface area (Å²) in [5.74, 6) is 0.587. The number of pyridine rings is 1. The molecule has 0 aliphatic carbocycles. The van der Waals surface area contributed by atoms with Crippen molar-refractivity contribution in [3.05, 3.63) is 54.2 Å². The highest BCUT2D eigenvalue weighted by Gasteiger charge is 2.16. The summed E-state index contributed by atoms with van der Waals surface area (Å²) < 4.78 is 0. The molecule has 7 heteroatoms. The number of nitrogens with zero attached hydrogens (tertiary/aromatic N) is 3. The first-order chi connectivity index (χ1) is 13.5. The molecular formula is C21H27N5O2. The molecular weight excluding hydrogens is 354 g/mol. The molecule has 2 N–H and O–H groups in total. The van der Waals surface area contributed by atoms with Crippen LogP contribution in [0.4, 0.5) is 11.5 Å². The third-order valence-corrected chi connectivity index (χ3v) is 4.76. The lowest BCUT2D eigenvalue weighted by atomic mass is 10.1. The van der Waals surface area contributed by atoms with Crippen LogP contribution in [-0.4, -0.2) is 61.0 Å². The SMILES string of the molecule is C[C@@H](CC(=O)Nc1ccc(N2CCN(C)CC2)nc1)NC(=O)c1ccccc1. The molecule has 0 bridgehead atoms. The van der Waals surface area contributed by atoms with Crippen LogP contribution in [0.5, 0.6) is 0 Å². The minimum Gasteiger partial charge on any atom is -0.354 e. The van der Waals surface area contributed by atoms with Gasteiger partial charge in [-0.05, 0) is 38.2 Å². The van der Waals surface area contributed by atoms with E-state index in [4.69, 9.17) is 0 Å². The van der Waals surface area contributed by atoms with Gasteiger partial charge in [-0.1, -0.05) is 18.2 Å².